The second kappa shape index (κ2) is 11.2. The molecule has 6 aromatic rings. The van der Waals surface area contributed by atoms with Crippen LogP contribution < -0.4 is 26.2 Å². The van der Waals surface area contributed by atoms with Gasteiger partial charge in [-0.15, -0.1) is 11.3 Å². The van der Waals surface area contributed by atoms with Crippen LogP contribution in [0.25, 0.3) is 10.4 Å². The summed E-state index contributed by atoms with van der Waals surface area (Å²) >= 11 is 1.99. The monoisotopic (exact) mass is 710 g/mol. The molecule has 3 aliphatic rings. The topological polar surface area (TPSA) is 6.48 Å². The fourth-order valence-corrected chi connectivity index (χ4v) is 10.7. The maximum Gasteiger partial charge on any atom is 0.253 e. The number of anilines is 6. The molecule has 5 aromatic carbocycles. The van der Waals surface area contributed by atoms with E-state index in [2.05, 4.69) is 195 Å². The third-order valence-corrected chi connectivity index (χ3v) is 13.4. The molecule has 266 valence electrons. The lowest BCUT2D eigenvalue weighted by Gasteiger charge is -2.44. The van der Waals surface area contributed by atoms with Crippen molar-refractivity contribution in [3.8, 4) is 10.4 Å². The van der Waals surface area contributed by atoms with Crippen molar-refractivity contribution in [2.45, 2.75) is 97.8 Å². The van der Waals surface area contributed by atoms with E-state index in [9.17, 15) is 0 Å². The summed E-state index contributed by atoms with van der Waals surface area (Å²) in [7, 11) is 0. The molecule has 0 bridgehead atoms. The molecule has 9 rings (SSSR count). The summed E-state index contributed by atoms with van der Waals surface area (Å²) in [6.07, 6.45) is 0. The highest BCUT2D eigenvalue weighted by molar-refractivity contribution is 7.23. The zero-order chi connectivity index (χ0) is 37.4. The van der Waals surface area contributed by atoms with Gasteiger partial charge in [-0.3, -0.25) is 0 Å². The van der Waals surface area contributed by atoms with Crippen molar-refractivity contribution in [2.75, 3.05) is 9.80 Å². The Morgan fingerprint density at radius 1 is 0.528 bits per heavy atom. The summed E-state index contributed by atoms with van der Waals surface area (Å²) in [6.45, 7) is 25.8. The third kappa shape index (κ3) is 5.04. The van der Waals surface area contributed by atoms with Gasteiger partial charge in [0, 0.05) is 38.7 Å². The molecule has 0 amide bonds. The molecule has 1 aromatic heterocycles. The van der Waals surface area contributed by atoms with Gasteiger partial charge < -0.3 is 9.80 Å². The highest BCUT2D eigenvalue weighted by atomic mass is 32.1. The standard InChI is InChI=1S/C49H51BN2S/c1-46(2,3)30-19-24-33(25-20-30)51-38-17-14-18-39-42(38)50(37-28-23-32(29-40(37)51)48(7,8)9)43-41-44(35-15-12-13-16-36(35)49(41,10)11)53-45(43)52(39)34-26-21-31(22-27-34)47(4,5)6/h12-29H,1-11H3. The number of hydrogen-bond acceptors (Lipinski definition) is 3. The van der Waals surface area contributed by atoms with E-state index in [0.29, 0.717) is 0 Å². The first kappa shape index (κ1) is 34.2. The van der Waals surface area contributed by atoms with E-state index in [1.807, 2.05) is 11.3 Å². The molecule has 0 N–H and O–H groups in total. The molecule has 53 heavy (non-hydrogen) atoms. The number of rotatable bonds is 2. The first-order valence-corrected chi connectivity index (χ1v) is 20.1. The fraction of sp³-hybridized carbons (Fsp3) is 0.306. The Balaban J connectivity index is 1.37. The normalized spacial score (nSPS) is 15.5. The SMILES string of the molecule is CC(C)(C)c1ccc(N2c3cc(C(C)(C)C)ccc3B3c4c2cccc4N(c2ccc(C(C)(C)C)cc2)c2sc4c(c23)C(C)(C)c2ccccc2-4)cc1. The molecule has 4 heteroatoms. The Morgan fingerprint density at radius 2 is 1.06 bits per heavy atom. The summed E-state index contributed by atoms with van der Waals surface area (Å²) in [4.78, 5) is 6.58. The number of hydrogen-bond donors (Lipinski definition) is 0. The minimum Gasteiger partial charge on any atom is -0.311 e. The highest BCUT2D eigenvalue weighted by Gasteiger charge is 2.50. The summed E-state index contributed by atoms with van der Waals surface area (Å²) in [5.74, 6) is 0. The molecular weight excluding hydrogens is 659 g/mol. The van der Waals surface area contributed by atoms with Crippen molar-refractivity contribution >= 4 is 67.9 Å². The van der Waals surface area contributed by atoms with E-state index in [4.69, 9.17) is 0 Å². The van der Waals surface area contributed by atoms with Crippen molar-refractivity contribution in [2.24, 2.45) is 0 Å². The average molecular weight is 711 g/mol. The molecule has 0 radical (unpaired) electrons. The van der Waals surface area contributed by atoms with E-state index in [0.717, 1.165) is 0 Å². The Labute approximate surface area is 321 Å². The molecule has 0 fully saturated rings. The Kier molecular flexibility index (Phi) is 7.27. The van der Waals surface area contributed by atoms with Gasteiger partial charge in [0.1, 0.15) is 0 Å². The fourth-order valence-electron chi connectivity index (χ4n) is 9.16. The number of thiophene rings is 1. The number of nitrogens with zero attached hydrogens (tertiary/aromatic N) is 2. The molecule has 0 atom stereocenters. The predicted octanol–water partition coefficient (Wildman–Crippen LogP) is 12.0. The maximum atomic E-state index is 2.59. The minimum absolute atomic E-state index is 0.0138. The van der Waals surface area contributed by atoms with Crippen LogP contribution in [-0.4, -0.2) is 6.71 Å². The quantitative estimate of drug-likeness (QED) is 0.165. The van der Waals surface area contributed by atoms with Crippen molar-refractivity contribution in [3.63, 3.8) is 0 Å². The maximum absolute atomic E-state index is 2.59. The van der Waals surface area contributed by atoms with Crippen molar-refractivity contribution in [1.82, 2.24) is 0 Å². The van der Waals surface area contributed by atoms with E-state index in [1.165, 1.54) is 88.1 Å². The smallest absolute Gasteiger partial charge is 0.253 e. The molecule has 2 nitrogen and oxygen atoms in total. The largest absolute Gasteiger partial charge is 0.311 e. The van der Waals surface area contributed by atoms with E-state index < -0.39 is 0 Å². The number of benzene rings is 5. The van der Waals surface area contributed by atoms with Gasteiger partial charge >= 0.3 is 0 Å². The van der Waals surface area contributed by atoms with Crippen LogP contribution in [0.1, 0.15) is 104 Å². The van der Waals surface area contributed by atoms with Crippen LogP contribution in [0.3, 0.4) is 0 Å². The van der Waals surface area contributed by atoms with E-state index >= 15 is 0 Å². The molecular formula is C49H51BN2S. The summed E-state index contributed by atoms with van der Waals surface area (Å²) in [6, 6.07) is 42.2. The molecule has 0 saturated carbocycles. The van der Waals surface area contributed by atoms with Crippen molar-refractivity contribution in [1.29, 1.82) is 0 Å². The minimum atomic E-state index is -0.129. The van der Waals surface area contributed by atoms with Crippen LogP contribution in [0.4, 0.5) is 33.4 Å². The Morgan fingerprint density at radius 3 is 1.64 bits per heavy atom. The van der Waals surface area contributed by atoms with Gasteiger partial charge in [-0.2, -0.15) is 0 Å². The zero-order valence-electron chi connectivity index (χ0n) is 33.3. The van der Waals surface area contributed by atoms with Gasteiger partial charge in [0.15, 0.2) is 0 Å². The molecule has 3 heterocycles. The lowest BCUT2D eigenvalue weighted by atomic mass is 9.33. The van der Waals surface area contributed by atoms with Crippen LogP contribution in [0, 0.1) is 0 Å². The molecule has 1 aliphatic carbocycles. The molecule has 2 aliphatic heterocycles. The summed E-state index contributed by atoms with van der Waals surface area (Å²) < 4.78 is 0. The molecule has 0 saturated heterocycles. The second-order valence-electron chi connectivity index (χ2n) is 19.1. The van der Waals surface area contributed by atoms with Gasteiger partial charge in [-0.05, 0) is 108 Å². The average Bonchev–Trinajstić information content (AvgIpc) is 3.60. The third-order valence-electron chi connectivity index (χ3n) is 12.1. The first-order chi connectivity index (χ1) is 25.0. The van der Waals surface area contributed by atoms with Crippen molar-refractivity contribution in [3.05, 3.63) is 137 Å². The van der Waals surface area contributed by atoms with Crippen LogP contribution in [-0.2, 0) is 21.7 Å². The van der Waals surface area contributed by atoms with Crippen LogP contribution >= 0.6 is 11.3 Å². The zero-order valence-corrected chi connectivity index (χ0v) is 34.1. The lowest BCUT2D eigenvalue weighted by molar-refractivity contribution is 0.590. The predicted molar refractivity (Wildman–Crippen MR) is 232 cm³/mol. The molecule has 0 unspecified atom stereocenters. The lowest BCUT2D eigenvalue weighted by Crippen LogP contribution is -2.62. The van der Waals surface area contributed by atoms with Gasteiger partial charge in [0.25, 0.3) is 6.71 Å². The van der Waals surface area contributed by atoms with Gasteiger partial charge in [-0.25, -0.2) is 0 Å². The van der Waals surface area contributed by atoms with Gasteiger partial charge in [-0.1, -0.05) is 143 Å². The summed E-state index contributed by atoms with van der Waals surface area (Å²) in [5.41, 5.74) is 18.9. The van der Waals surface area contributed by atoms with E-state index in [1.54, 1.807) is 0 Å². The van der Waals surface area contributed by atoms with Gasteiger partial charge in [0.2, 0.25) is 0 Å². The highest BCUT2D eigenvalue weighted by Crippen LogP contribution is 2.56. The summed E-state index contributed by atoms with van der Waals surface area (Å²) in [5, 5.41) is 1.35. The Bertz CT molecular complexity index is 2430. The van der Waals surface area contributed by atoms with Gasteiger partial charge in [0.05, 0.1) is 5.00 Å². The van der Waals surface area contributed by atoms with Crippen molar-refractivity contribution < 1.29 is 0 Å². The second-order valence-corrected chi connectivity index (χ2v) is 20.1. The van der Waals surface area contributed by atoms with Crippen LogP contribution in [0.15, 0.2) is 109 Å². The van der Waals surface area contributed by atoms with Crippen LogP contribution in [0.2, 0.25) is 0 Å². The molecule has 0 spiro atoms. The Hall–Kier alpha value is -4.54. The number of fused-ring (bicyclic) bond motifs is 8. The van der Waals surface area contributed by atoms with E-state index in [-0.39, 0.29) is 28.4 Å². The van der Waals surface area contributed by atoms with Crippen LogP contribution in [0.5, 0.6) is 0 Å². The first-order valence-electron chi connectivity index (χ1n) is 19.3.